The van der Waals surface area contributed by atoms with Gasteiger partial charge in [-0.2, -0.15) is 0 Å². The minimum atomic E-state index is -3.02. The third-order valence-corrected chi connectivity index (χ3v) is 2.56. The van der Waals surface area contributed by atoms with Gasteiger partial charge in [0.05, 0.1) is 6.42 Å². The van der Waals surface area contributed by atoms with Crippen LogP contribution in [0.15, 0.2) is 18.2 Å². The van der Waals surface area contributed by atoms with Gasteiger partial charge in [0.25, 0.3) is 5.79 Å². The normalized spacial score (nSPS) is 15.3. The van der Waals surface area contributed by atoms with Crippen molar-refractivity contribution in [1.82, 2.24) is 0 Å². The number of hydrogen-bond donors (Lipinski definition) is 3. The summed E-state index contributed by atoms with van der Waals surface area (Å²) in [5.41, 5.74) is 0.0583. The highest BCUT2D eigenvalue weighted by Gasteiger charge is 2.50. The van der Waals surface area contributed by atoms with Crippen molar-refractivity contribution in [3.05, 3.63) is 34.9 Å². The molecule has 0 fully saturated rings. The van der Waals surface area contributed by atoms with Gasteiger partial charge in [0.15, 0.2) is 0 Å². The van der Waals surface area contributed by atoms with Crippen LogP contribution in [0.25, 0.3) is 0 Å². The molecule has 2 rings (SSSR count). The lowest BCUT2D eigenvalue weighted by molar-refractivity contribution is -0.136. The topological polar surface area (TPSA) is 112 Å². The summed E-state index contributed by atoms with van der Waals surface area (Å²) in [7, 11) is 0. The van der Waals surface area contributed by atoms with Crippen molar-refractivity contribution >= 4 is 17.5 Å². The Morgan fingerprint density at radius 1 is 1.05 bits per heavy atom. The number of hydrogen-bond acceptors (Lipinski definition) is 5. The number of ketones is 2. The highest BCUT2D eigenvalue weighted by atomic mass is 16.5. The predicted octanol–water partition coefficient (Wildman–Crippen LogP) is 0.646. The molecule has 104 valence electrons. The van der Waals surface area contributed by atoms with Gasteiger partial charge in [0.1, 0.15) is 0 Å². The second-order valence-corrected chi connectivity index (χ2v) is 3.78. The monoisotopic (exact) mass is 268 g/mol. The van der Waals surface area contributed by atoms with Crippen molar-refractivity contribution in [2.75, 3.05) is 0 Å². The summed E-state index contributed by atoms with van der Waals surface area (Å²) in [5, 5.41) is 27.1. The largest absolute Gasteiger partial charge is 0.481 e. The minimum absolute atomic E-state index is 0. The van der Waals surface area contributed by atoms with Crippen LogP contribution in [0.4, 0.5) is 0 Å². The number of aliphatic hydroxyl groups is 2. The number of carbonyl (C=O) groups is 3. The Morgan fingerprint density at radius 3 is 2.11 bits per heavy atom. The van der Waals surface area contributed by atoms with Crippen molar-refractivity contribution in [3.8, 4) is 0 Å². The van der Waals surface area contributed by atoms with Gasteiger partial charge in [0, 0.05) is 11.1 Å². The number of Topliss-reactive ketones (excluding diaryl/α,β-unsaturated/α-hetero) is 2. The smallest absolute Gasteiger partial charge is 0.307 e. The van der Waals surface area contributed by atoms with E-state index in [0.29, 0.717) is 5.56 Å². The third-order valence-electron chi connectivity index (χ3n) is 2.56. The number of fused-ring (bicyclic) bond motifs is 1. The van der Waals surface area contributed by atoms with Gasteiger partial charge in [-0.15, -0.1) is 0 Å². The molecule has 0 heterocycles. The van der Waals surface area contributed by atoms with Crippen molar-refractivity contribution in [3.63, 3.8) is 0 Å². The second kappa shape index (κ2) is 5.29. The molecular formula is C13H16O6. The zero-order chi connectivity index (χ0) is 12.8. The lowest BCUT2D eigenvalue weighted by Crippen LogP contribution is -2.40. The van der Waals surface area contributed by atoms with Crippen LogP contribution < -0.4 is 0 Å². The average molecular weight is 268 g/mol. The van der Waals surface area contributed by atoms with Gasteiger partial charge in [-0.3, -0.25) is 14.4 Å². The molecule has 0 spiro atoms. The number of benzene rings is 1. The van der Waals surface area contributed by atoms with Gasteiger partial charge < -0.3 is 15.3 Å². The van der Waals surface area contributed by atoms with Crippen molar-refractivity contribution in [2.24, 2.45) is 0 Å². The van der Waals surface area contributed by atoms with E-state index in [1.807, 2.05) is 0 Å². The highest BCUT2D eigenvalue weighted by Crippen LogP contribution is 2.29. The summed E-state index contributed by atoms with van der Waals surface area (Å²) in [4.78, 5) is 33.4. The number of carboxylic acid groups (broad SMARTS) is 1. The number of rotatable bonds is 2. The van der Waals surface area contributed by atoms with Crippen molar-refractivity contribution < 1.29 is 29.7 Å². The molecule has 0 saturated heterocycles. The fourth-order valence-corrected chi connectivity index (χ4v) is 1.74. The standard InChI is InChI=1S/C11H8O6.2CH4/c12-8(13)4-5-1-2-6-7(3-5)10(15)11(16,17)9(6)14;;/h1-3,16-17H,4H2,(H,12,13);2*1H4. The second-order valence-electron chi connectivity index (χ2n) is 3.78. The van der Waals surface area contributed by atoms with Crippen LogP contribution in [-0.4, -0.2) is 38.6 Å². The molecule has 6 nitrogen and oxygen atoms in total. The van der Waals surface area contributed by atoms with Gasteiger partial charge in [0.2, 0.25) is 11.6 Å². The molecule has 1 aromatic carbocycles. The first kappa shape index (κ1) is 16.9. The van der Waals surface area contributed by atoms with Crippen LogP contribution in [0, 0.1) is 0 Å². The molecule has 0 atom stereocenters. The summed E-state index contributed by atoms with van der Waals surface area (Å²) in [5.74, 6) is -6.31. The van der Waals surface area contributed by atoms with Gasteiger partial charge in [-0.1, -0.05) is 27.0 Å². The van der Waals surface area contributed by atoms with Gasteiger partial charge in [-0.05, 0) is 11.6 Å². The van der Waals surface area contributed by atoms with E-state index in [1.165, 1.54) is 18.2 Å². The maximum absolute atomic E-state index is 11.5. The molecule has 0 bridgehead atoms. The zero-order valence-electron chi connectivity index (χ0n) is 8.51. The molecule has 0 aromatic heterocycles. The van der Waals surface area contributed by atoms with E-state index in [-0.39, 0.29) is 32.4 Å². The molecule has 0 radical (unpaired) electrons. The zero-order valence-corrected chi connectivity index (χ0v) is 8.51. The summed E-state index contributed by atoms with van der Waals surface area (Å²) in [6, 6.07) is 3.78. The Hall–Kier alpha value is -2.05. The van der Waals surface area contributed by atoms with Gasteiger partial charge >= 0.3 is 5.97 Å². The highest BCUT2D eigenvalue weighted by molar-refractivity contribution is 6.30. The first-order chi connectivity index (χ1) is 7.84. The Labute approximate surface area is 110 Å². The van der Waals surface area contributed by atoms with Crippen LogP contribution in [0.2, 0.25) is 0 Å². The molecule has 0 saturated carbocycles. The summed E-state index contributed by atoms with van der Waals surface area (Å²) in [6.07, 6.45) is -0.307. The molecule has 3 N–H and O–H groups in total. The Morgan fingerprint density at radius 2 is 1.58 bits per heavy atom. The number of carboxylic acids is 1. The Balaban J connectivity index is 0.00000162. The number of aliphatic carboxylic acids is 1. The first-order valence-corrected chi connectivity index (χ1v) is 4.73. The van der Waals surface area contributed by atoms with Crippen LogP contribution in [-0.2, 0) is 11.2 Å². The lowest BCUT2D eigenvalue weighted by atomic mass is 10.0. The van der Waals surface area contributed by atoms with Crippen LogP contribution in [0.5, 0.6) is 0 Å². The van der Waals surface area contributed by atoms with E-state index in [9.17, 15) is 24.6 Å². The summed E-state index contributed by atoms with van der Waals surface area (Å²) >= 11 is 0. The quantitative estimate of drug-likeness (QED) is 0.536. The van der Waals surface area contributed by atoms with E-state index in [4.69, 9.17) is 5.11 Å². The predicted molar refractivity (Wildman–Crippen MR) is 67.1 cm³/mol. The van der Waals surface area contributed by atoms with Crippen molar-refractivity contribution in [2.45, 2.75) is 27.1 Å². The van der Waals surface area contributed by atoms with E-state index < -0.39 is 23.3 Å². The van der Waals surface area contributed by atoms with Crippen molar-refractivity contribution in [1.29, 1.82) is 0 Å². The molecule has 0 aliphatic heterocycles. The number of carbonyl (C=O) groups excluding carboxylic acids is 2. The Bertz CT molecular complexity index is 544. The average Bonchev–Trinajstić information content (AvgIpc) is 2.40. The van der Waals surface area contributed by atoms with E-state index >= 15 is 0 Å². The lowest BCUT2D eigenvalue weighted by Gasteiger charge is -2.08. The summed E-state index contributed by atoms with van der Waals surface area (Å²) < 4.78 is 0. The summed E-state index contributed by atoms with van der Waals surface area (Å²) in [6.45, 7) is 0. The molecule has 6 heteroatoms. The fraction of sp³-hybridized carbons (Fsp3) is 0.308. The molecule has 0 unspecified atom stereocenters. The van der Waals surface area contributed by atoms with Crippen LogP contribution in [0.1, 0.15) is 41.1 Å². The Kier molecular flexibility index (Phi) is 4.72. The van der Waals surface area contributed by atoms with Crippen LogP contribution in [0.3, 0.4) is 0 Å². The fourth-order valence-electron chi connectivity index (χ4n) is 1.74. The molecule has 1 aliphatic carbocycles. The minimum Gasteiger partial charge on any atom is -0.481 e. The van der Waals surface area contributed by atoms with E-state index in [1.54, 1.807) is 0 Å². The molecule has 19 heavy (non-hydrogen) atoms. The van der Waals surface area contributed by atoms with Gasteiger partial charge in [-0.25, -0.2) is 0 Å². The molecular weight excluding hydrogens is 252 g/mol. The van der Waals surface area contributed by atoms with E-state index in [2.05, 4.69) is 0 Å². The SMILES string of the molecule is C.C.O=C(O)Cc1ccc2c(c1)C(=O)C(O)(O)C2=O. The third kappa shape index (κ3) is 2.54. The molecule has 1 aliphatic rings. The molecule has 0 amide bonds. The maximum Gasteiger partial charge on any atom is 0.307 e. The van der Waals surface area contributed by atoms with E-state index in [0.717, 1.165) is 0 Å². The molecule has 1 aromatic rings. The first-order valence-electron chi connectivity index (χ1n) is 4.73. The maximum atomic E-state index is 11.5. The van der Waals surface area contributed by atoms with Crippen LogP contribution >= 0.6 is 0 Å².